The van der Waals surface area contributed by atoms with Gasteiger partial charge in [-0.3, -0.25) is 0 Å². The van der Waals surface area contributed by atoms with E-state index >= 15 is 0 Å². The molecule has 0 fully saturated rings. The van der Waals surface area contributed by atoms with E-state index in [1.807, 2.05) is 41.5 Å². The first kappa shape index (κ1) is 34.0. The lowest BCUT2D eigenvalue weighted by Crippen LogP contribution is -2.77. The molecule has 0 saturated carbocycles. The van der Waals surface area contributed by atoms with Crippen molar-refractivity contribution >= 4 is 13.3 Å². The zero-order chi connectivity index (χ0) is 28.0. The predicted octanol–water partition coefficient (Wildman–Crippen LogP) is 6.50. The van der Waals surface area contributed by atoms with Crippen molar-refractivity contribution in [2.24, 2.45) is 0 Å². The average Bonchev–Trinajstić information content (AvgIpc) is 2.90. The Bertz CT molecular complexity index is 736. The van der Waals surface area contributed by atoms with E-state index in [-0.39, 0.29) is 25.4 Å². The van der Waals surface area contributed by atoms with Crippen LogP contribution in [0.5, 0.6) is 0 Å². The first-order valence-corrected chi connectivity index (χ1v) is 15.2. The van der Waals surface area contributed by atoms with Gasteiger partial charge in [0.05, 0.1) is 33.0 Å². The summed E-state index contributed by atoms with van der Waals surface area (Å²) in [4.78, 5) is 13.3. The third kappa shape index (κ3) is 7.36. The summed E-state index contributed by atoms with van der Waals surface area (Å²) in [5.41, 5.74) is -0.457. The van der Waals surface area contributed by atoms with Gasteiger partial charge in [-0.15, -0.1) is 0 Å². The zero-order valence-electron chi connectivity index (χ0n) is 24.1. The Morgan fingerprint density at radius 2 is 1.19 bits per heavy atom. The molecule has 0 aliphatic heterocycles. The maximum atomic E-state index is 14.3. The lowest BCUT2D eigenvalue weighted by atomic mass is 9.86. The third-order valence-corrected chi connectivity index (χ3v) is 7.67. The number of carbonyl (C=O) groups is 1. The molecule has 0 aromatic rings. The minimum absolute atomic E-state index is 0.160. The fraction of sp³-hybridized carbons (Fsp3) is 0.821. The van der Waals surface area contributed by atoms with Crippen molar-refractivity contribution in [3.63, 3.8) is 0 Å². The van der Waals surface area contributed by atoms with Crippen molar-refractivity contribution in [2.45, 2.75) is 110 Å². The number of ether oxygens (including phenoxy) is 6. The Balaban J connectivity index is 4.19. The van der Waals surface area contributed by atoms with Crippen LogP contribution in [0.3, 0.4) is 0 Å². The highest BCUT2D eigenvalue weighted by molar-refractivity contribution is 7.66. The monoisotopic (exact) mass is 545 g/mol. The number of hydrogen-bond acceptors (Lipinski definition) is 8. The van der Waals surface area contributed by atoms with E-state index < -0.39 is 36.3 Å². The van der Waals surface area contributed by atoms with Crippen LogP contribution in [-0.4, -0.2) is 68.2 Å². The summed E-state index contributed by atoms with van der Waals surface area (Å²) in [6.07, 6.45) is 6.60. The van der Waals surface area contributed by atoms with E-state index in [0.717, 1.165) is 6.42 Å². The zero-order valence-corrected chi connectivity index (χ0v) is 25.0. The second kappa shape index (κ2) is 16.9. The smallest absolute Gasteiger partial charge is 0.368 e. The molecule has 0 N–H and O–H groups in total. The van der Waals surface area contributed by atoms with Crippen LogP contribution in [0.4, 0.5) is 0 Å². The van der Waals surface area contributed by atoms with Gasteiger partial charge in [0.2, 0.25) is 0 Å². The van der Waals surface area contributed by atoms with Gasteiger partial charge in [0, 0.05) is 18.3 Å². The Morgan fingerprint density at radius 3 is 1.62 bits per heavy atom. The highest BCUT2D eigenvalue weighted by atomic mass is 31.1. The van der Waals surface area contributed by atoms with Crippen LogP contribution < -0.4 is 0 Å². The standard InChI is InChI=1S/C28H50O8P/c1-9-17-31-24-15-16-26(32-18-10-2,37(30)25(29)23(7)8)28(35-21-13-5,36-22-14-6)27(24,33-19-11-3)34-20-12-4/h15-16,24H,7,9-14,17-22H2,1-6,8H3/q+1. The number of carbonyl (C=O) groups excluding carboxylic acids is 1. The Morgan fingerprint density at radius 1 is 0.757 bits per heavy atom. The van der Waals surface area contributed by atoms with Crippen LogP contribution in [0.2, 0.25) is 0 Å². The highest BCUT2D eigenvalue weighted by Gasteiger charge is 2.82. The van der Waals surface area contributed by atoms with Crippen molar-refractivity contribution in [3.8, 4) is 0 Å². The SMILES string of the molecule is C=C(C)C(=O)[P+](=O)C1(OCCC)C=CC(OCCC)C(OCCC)(OCCC)C1(OCCC)OCCC. The molecule has 3 atom stereocenters. The Kier molecular flexibility index (Phi) is 15.5. The highest BCUT2D eigenvalue weighted by Crippen LogP contribution is 2.60. The molecule has 3 unspecified atom stereocenters. The van der Waals surface area contributed by atoms with E-state index in [1.54, 1.807) is 19.1 Å². The van der Waals surface area contributed by atoms with Gasteiger partial charge in [0.25, 0.3) is 5.79 Å². The van der Waals surface area contributed by atoms with Crippen LogP contribution in [-0.2, 0) is 37.8 Å². The third-order valence-electron chi connectivity index (χ3n) is 5.74. The summed E-state index contributed by atoms with van der Waals surface area (Å²) >= 11 is 0. The summed E-state index contributed by atoms with van der Waals surface area (Å²) in [6.45, 7) is 18.9. The molecule has 0 aromatic carbocycles. The molecule has 0 radical (unpaired) electrons. The molecule has 0 heterocycles. The van der Waals surface area contributed by atoms with Crippen molar-refractivity contribution in [1.29, 1.82) is 0 Å². The van der Waals surface area contributed by atoms with Crippen LogP contribution in [0.1, 0.15) is 87.0 Å². The minimum Gasteiger partial charge on any atom is -0.368 e. The summed E-state index contributed by atoms with van der Waals surface area (Å²) in [6, 6.07) is 0. The molecular formula is C28H50O8P+. The molecule has 1 rings (SSSR count). The fourth-order valence-corrected chi connectivity index (χ4v) is 5.76. The van der Waals surface area contributed by atoms with Gasteiger partial charge in [0.1, 0.15) is 6.10 Å². The second-order valence-corrected chi connectivity index (χ2v) is 10.9. The molecule has 0 aromatic heterocycles. The van der Waals surface area contributed by atoms with Gasteiger partial charge in [-0.05, 0) is 51.5 Å². The predicted molar refractivity (Wildman–Crippen MR) is 146 cm³/mol. The van der Waals surface area contributed by atoms with Gasteiger partial charge in [-0.2, -0.15) is 0 Å². The van der Waals surface area contributed by atoms with Gasteiger partial charge in [-0.25, -0.2) is 4.79 Å². The van der Waals surface area contributed by atoms with Gasteiger partial charge >= 0.3 is 24.5 Å². The normalized spacial score (nSPS) is 22.7. The quantitative estimate of drug-likeness (QED) is 0.0699. The van der Waals surface area contributed by atoms with Gasteiger partial charge in [0.15, 0.2) is 0 Å². The maximum Gasteiger partial charge on any atom is 0.465 e. The van der Waals surface area contributed by atoms with Crippen molar-refractivity contribution < 1.29 is 37.8 Å². The van der Waals surface area contributed by atoms with Gasteiger partial charge < -0.3 is 28.4 Å². The summed E-state index contributed by atoms with van der Waals surface area (Å²) in [5.74, 6) is -3.60. The molecular weight excluding hydrogens is 495 g/mol. The summed E-state index contributed by atoms with van der Waals surface area (Å²) in [7, 11) is -2.80. The molecule has 1 aliphatic rings. The molecule has 0 bridgehead atoms. The van der Waals surface area contributed by atoms with Crippen LogP contribution in [0, 0.1) is 0 Å². The van der Waals surface area contributed by atoms with Crippen LogP contribution in [0.15, 0.2) is 24.3 Å². The van der Waals surface area contributed by atoms with Gasteiger partial charge in [-0.1, -0.05) is 52.7 Å². The molecule has 214 valence electrons. The molecule has 0 spiro atoms. The van der Waals surface area contributed by atoms with Crippen LogP contribution >= 0.6 is 7.80 Å². The van der Waals surface area contributed by atoms with E-state index in [9.17, 15) is 9.36 Å². The molecule has 37 heavy (non-hydrogen) atoms. The van der Waals surface area contributed by atoms with Crippen molar-refractivity contribution in [2.75, 3.05) is 39.6 Å². The number of rotatable bonds is 21. The van der Waals surface area contributed by atoms with Crippen molar-refractivity contribution in [1.82, 2.24) is 0 Å². The number of allylic oxidation sites excluding steroid dienone is 1. The topological polar surface area (TPSA) is 89.5 Å². The Hall–Kier alpha value is -0.990. The second-order valence-electron chi connectivity index (χ2n) is 9.25. The van der Waals surface area contributed by atoms with Crippen molar-refractivity contribution in [3.05, 3.63) is 24.3 Å². The average molecular weight is 546 g/mol. The lowest BCUT2D eigenvalue weighted by molar-refractivity contribution is -0.457. The molecule has 1 aliphatic carbocycles. The van der Waals surface area contributed by atoms with Crippen LogP contribution in [0.25, 0.3) is 0 Å². The van der Waals surface area contributed by atoms with E-state index in [1.165, 1.54) is 0 Å². The summed E-state index contributed by atoms with van der Waals surface area (Å²) in [5, 5.41) is -1.84. The lowest BCUT2D eigenvalue weighted by Gasteiger charge is -2.55. The van der Waals surface area contributed by atoms with E-state index in [4.69, 9.17) is 28.4 Å². The minimum atomic E-state index is -2.80. The largest absolute Gasteiger partial charge is 0.465 e. The fourth-order valence-electron chi connectivity index (χ4n) is 4.13. The Labute approximate surface area is 225 Å². The molecule has 0 saturated heterocycles. The number of hydrogen-bond donors (Lipinski definition) is 0. The van der Waals surface area contributed by atoms with E-state index in [0.29, 0.717) is 51.9 Å². The molecule has 9 heteroatoms. The van der Waals surface area contributed by atoms with E-state index in [2.05, 4.69) is 6.58 Å². The first-order chi connectivity index (χ1) is 17.7. The molecule has 0 amide bonds. The first-order valence-electron chi connectivity index (χ1n) is 13.9. The summed E-state index contributed by atoms with van der Waals surface area (Å²) < 4.78 is 53.4. The maximum absolute atomic E-state index is 14.3. The molecule has 8 nitrogen and oxygen atoms in total.